The average molecular weight is 424 g/mol. The highest BCUT2D eigenvalue weighted by Gasteiger charge is 2.27. The number of halogens is 2. The highest BCUT2D eigenvalue weighted by Crippen LogP contribution is 2.40. The van der Waals surface area contributed by atoms with Crippen LogP contribution >= 0.6 is 0 Å². The number of hydrogen-bond acceptors (Lipinski definition) is 3. The molecule has 30 heavy (non-hydrogen) atoms. The second-order valence-corrected chi connectivity index (χ2v) is 8.84. The molecule has 4 rings (SSSR count). The standard InChI is InChI=1S/C23H18F2N2O2S/c1-30(28,29)19-14-12-17(13-15-19)22-20(16-8-4-2-5-9-16)21(23(24)25)26-27(22)18-10-6-3-7-11-18/h2-15,23H,1H3. The lowest BCUT2D eigenvalue weighted by Gasteiger charge is -2.11. The molecular formula is C23H18F2N2O2S. The van der Waals surface area contributed by atoms with Gasteiger partial charge in [0.1, 0.15) is 5.69 Å². The number of para-hydroxylation sites is 1. The normalized spacial score (nSPS) is 11.7. The summed E-state index contributed by atoms with van der Waals surface area (Å²) in [6, 6.07) is 24.1. The Morgan fingerprint density at radius 1 is 0.800 bits per heavy atom. The van der Waals surface area contributed by atoms with Crippen LogP contribution < -0.4 is 0 Å². The molecule has 7 heteroatoms. The molecule has 3 aromatic carbocycles. The maximum absolute atomic E-state index is 14.0. The number of hydrogen-bond donors (Lipinski definition) is 0. The van der Waals surface area contributed by atoms with Crippen LogP contribution in [-0.4, -0.2) is 24.5 Å². The lowest BCUT2D eigenvalue weighted by Crippen LogP contribution is -2.01. The van der Waals surface area contributed by atoms with Gasteiger partial charge in [0, 0.05) is 17.4 Å². The third kappa shape index (κ3) is 3.76. The summed E-state index contributed by atoms with van der Waals surface area (Å²) in [7, 11) is -3.38. The second kappa shape index (κ2) is 7.84. The molecule has 4 nitrogen and oxygen atoms in total. The molecule has 0 aliphatic rings. The number of alkyl halides is 2. The SMILES string of the molecule is CS(=O)(=O)c1ccc(-c2c(-c3ccccc3)c(C(F)F)nn2-c2ccccc2)cc1. The van der Waals surface area contributed by atoms with Gasteiger partial charge in [-0.25, -0.2) is 21.9 Å². The largest absolute Gasteiger partial charge is 0.282 e. The van der Waals surface area contributed by atoms with Crippen molar-refractivity contribution in [3.8, 4) is 28.1 Å². The summed E-state index contributed by atoms with van der Waals surface area (Å²) in [4.78, 5) is 0.160. The van der Waals surface area contributed by atoms with Crippen molar-refractivity contribution in [2.75, 3.05) is 6.26 Å². The fourth-order valence-electron chi connectivity index (χ4n) is 3.36. The van der Waals surface area contributed by atoms with Crippen molar-refractivity contribution in [2.24, 2.45) is 0 Å². The molecular weight excluding hydrogens is 406 g/mol. The molecule has 0 spiro atoms. The first-order valence-corrected chi connectivity index (χ1v) is 11.1. The summed E-state index contributed by atoms with van der Waals surface area (Å²) in [5.74, 6) is 0. The fraction of sp³-hybridized carbons (Fsp3) is 0.0870. The predicted molar refractivity (Wildman–Crippen MR) is 113 cm³/mol. The zero-order valence-corrected chi connectivity index (χ0v) is 16.9. The van der Waals surface area contributed by atoms with Gasteiger partial charge in [0.2, 0.25) is 0 Å². The van der Waals surface area contributed by atoms with E-state index in [1.165, 1.54) is 16.8 Å². The summed E-state index contributed by atoms with van der Waals surface area (Å²) in [6.45, 7) is 0. The molecule has 0 atom stereocenters. The molecule has 0 N–H and O–H groups in total. The Morgan fingerprint density at radius 3 is 1.90 bits per heavy atom. The second-order valence-electron chi connectivity index (χ2n) is 6.82. The average Bonchev–Trinajstić information content (AvgIpc) is 3.15. The molecule has 0 fully saturated rings. The quantitative estimate of drug-likeness (QED) is 0.422. The van der Waals surface area contributed by atoms with Gasteiger partial charge in [-0.15, -0.1) is 0 Å². The molecule has 1 heterocycles. The molecule has 1 aromatic heterocycles. The lowest BCUT2D eigenvalue weighted by molar-refractivity contribution is 0.146. The van der Waals surface area contributed by atoms with Crippen LogP contribution in [-0.2, 0) is 9.84 Å². The van der Waals surface area contributed by atoms with Gasteiger partial charge in [0.05, 0.1) is 16.3 Å². The van der Waals surface area contributed by atoms with Crippen molar-refractivity contribution < 1.29 is 17.2 Å². The van der Waals surface area contributed by atoms with E-state index in [-0.39, 0.29) is 10.6 Å². The Labute approximate surface area is 173 Å². The first-order chi connectivity index (χ1) is 14.4. The van der Waals surface area contributed by atoms with E-state index >= 15 is 0 Å². The molecule has 4 aromatic rings. The van der Waals surface area contributed by atoms with E-state index in [9.17, 15) is 17.2 Å². The van der Waals surface area contributed by atoms with Crippen LogP contribution in [0.1, 0.15) is 12.1 Å². The van der Waals surface area contributed by atoms with E-state index in [1.54, 1.807) is 60.7 Å². The van der Waals surface area contributed by atoms with Gasteiger partial charge in [0.15, 0.2) is 9.84 Å². The summed E-state index contributed by atoms with van der Waals surface area (Å²) in [6.07, 6.45) is -1.65. The minimum absolute atomic E-state index is 0.160. The van der Waals surface area contributed by atoms with E-state index in [2.05, 4.69) is 5.10 Å². The Bertz CT molecular complexity index is 1270. The molecule has 0 bridgehead atoms. The molecule has 0 aliphatic carbocycles. The van der Waals surface area contributed by atoms with Gasteiger partial charge < -0.3 is 0 Å². The summed E-state index contributed by atoms with van der Waals surface area (Å²) >= 11 is 0. The molecule has 0 aliphatic heterocycles. The van der Waals surface area contributed by atoms with Crippen molar-refractivity contribution in [2.45, 2.75) is 11.3 Å². The van der Waals surface area contributed by atoms with Gasteiger partial charge in [-0.05, 0) is 29.8 Å². The number of sulfone groups is 1. The molecule has 0 unspecified atom stereocenters. The zero-order chi connectivity index (χ0) is 21.3. The third-order valence-electron chi connectivity index (χ3n) is 4.74. The van der Waals surface area contributed by atoms with Gasteiger partial charge in [-0.1, -0.05) is 60.7 Å². The van der Waals surface area contributed by atoms with E-state index in [4.69, 9.17) is 0 Å². The minimum atomic E-state index is -3.38. The highest BCUT2D eigenvalue weighted by atomic mass is 32.2. The van der Waals surface area contributed by atoms with Crippen LogP contribution in [0, 0.1) is 0 Å². The monoisotopic (exact) mass is 424 g/mol. The van der Waals surface area contributed by atoms with Gasteiger partial charge in [-0.3, -0.25) is 0 Å². The van der Waals surface area contributed by atoms with Crippen molar-refractivity contribution >= 4 is 9.84 Å². The van der Waals surface area contributed by atoms with E-state index < -0.39 is 16.3 Å². The van der Waals surface area contributed by atoms with Crippen LogP contribution in [0.2, 0.25) is 0 Å². The minimum Gasteiger partial charge on any atom is -0.232 e. The highest BCUT2D eigenvalue weighted by molar-refractivity contribution is 7.90. The number of benzene rings is 3. The number of nitrogens with zero attached hydrogens (tertiary/aromatic N) is 2. The van der Waals surface area contributed by atoms with Crippen LogP contribution in [0.25, 0.3) is 28.1 Å². The first-order valence-electron chi connectivity index (χ1n) is 9.18. The van der Waals surface area contributed by atoms with Crippen LogP contribution in [0.3, 0.4) is 0 Å². The van der Waals surface area contributed by atoms with E-state index in [0.29, 0.717) is 28.1 Å². The molecule has 0 saturated carbocycles. The van der Waals surface area contributed by atoms with E-state index in [1.807, 2.05) is 12.1 Å². The topological polar surface area (TPSA) is 52.0 Å². The Hall–Kier alpha value is -3.32. The van der Waals surface area contributed by atoms with Crippen molar-refractivity contribution in [3.63, 3.8) is 0 Å². The fourth-order valence-corrected chi connectivity index (χ4v) is 3.99. The molecule has 0 radical (unpaired) electrons. The van der Waals surface area contributed by atoms with E-state index in [0.717, 1.165) is 6.26 Å². The Kier molecular flexibility index (Phi) is 5.22. The van der Waals surface area contributed by atoms with Crippen LogP contribution in [0.4, 0.5) is 8.78 Å². The van der Waals surface area contributed by atoms with Crippen LogP contribution in [0.15, 0.2) is 89.8 Å². The van der Waals surface area contributed by atoms with Gasteiger partial charge in [0.25, 0.3) is 6.43 Å². The molecule has 152 valence electrons. The van der Waals surface area contributed by atoms with Gasteiger partial charge in [-0.2, -0.15) is 5.10 Å². The Balaban J connectivity index is 2.04. The summed E-state index contributed by atoms with van der Waals surface area (Å²) < 4.78 is 53.2. The number of rotatable bonds is 5. The Morgan fingerprint density at radius 2 is 1.37 bits per heavy atom. The summed E-state index contributed by atoms with van der Waals surface area (Å²) in [5.41, 5.74) is 2.29. The lowest BCUT2D eigenvalue weighted by atomic mass is 9.98. The smallest absolute Gasteiger partial charge is 0.232 e. The zero-order valence-electron chi connectivity index (χ0n) is 16.0. The van der Waals surface area contributed by atoms with Gasteiger partial charge >= 0.3 is 0 Å². The first kappa shape index (κ1) is 20.0. The summed E-state index contributed by atoms with van der Waals surface area (Å²) in [5, 5.41) is 4.25. The maximum atomic E-state index is 14.0. The predicted octanol–water partition coefficient (Wildman–Crippen LogP) is 5.55. The van der Waals surface area contributed by atoms with Crippen molar-refractivity contribution in [1.82, 2.24) is 9.78 Å². The number of aromatic nitrogens is 2. The third-order valence-corrected chi connectivity index (χ3v) is 5.87. The van der Waals surface area contributed by atoms with Crippen LogP contribution in [0.5, 0.6) is 0 Å². The van der Waals surface area contributed by atoms with Crippen molar-refractivity contribution in [3.05, 3.63) is 90.6 Å². The maximum Gasteiger partial charge on any atom is 0.282 e. The van der Waals surface area contributed by atoms with Crippen molar-refractivity contribution in [1.29, 1.82) is 0 Å². The molecule has 0 saturated heterocycles. The molecule has 0 amide bonds.